The van der Waals surface area contributed by atoms with Crippen molar-refractivity contribution in [1.82, 2.24) is 9.66 Å². The Hall–Kier alpha value is -3.28. The van der Waals surface area contributed by atoms with Gasteiger partial charge in [0.1, 0.15) is 16.7 Å². The average Bonchev–Trinajstić information content (AvgIpc) is 2.90. The lowest BCUT2D eigenvalue weighted by Crippen LogP contribution is -2.23. The second-order valence-corrected chi connectivity index (χ2v) is 10.9. The summed E-state index contributed by atoms with van der Waals surface area (Å²) in [6.07, 6.45) is 1.47. The maximum atomic E-state index is 13.4. The molecule has 0 fully saturated rings. The molecule has 8 nitrogen and oxygen atoms in total. The molecule has 3 aromatic carbocycles. The lowest BCUT2D eigenvalue weighted by Gasteiger charge is -2.16. The molecule has 0 spiro atoms. The Bertz CT molecular complexity index is 1680. The van der Waals surface area contributed by atoms with Gasteiger partial charge in [-0.25, -0.2) is 9.37 Å². The number of rotatable bonds is 9. The van der Waals surface area contributed by atoms with Crippen LogP contribution in [0.2, 0.25) is 5.02 Å². The van der Waals surface area contributed by atoms with Crippen LogP contribution in [-0.4, -0.2) is 35.0 Å². The quantitative estimate of drug-likeness (QED) is 0.188. The number of hydrogen-bond acceptors (Lipinski definition) is 6. The highest BCUT2D eigenvalue weighted by Crippen LogP contribution is 2.42. The van der Waals surface area contributed by atoms with Crippen LogP contribution in [0.15, 0.2) is 67.4 Å². The molecular weight excluding hydrogens is 671 g/mol. The van der Waals surface area contributed by atoms with Gasteiger partial charge in [-0.3, -0.25) is 9.59 Å². The minimum Gasteiger partial charge on any atom is -0.490 e. The summed E-state index contributed by atoms with van der Waals surface area (Å²) in [5, 5.41) is 7.58. The standard InChI is InChI=1S/C28H24Br2ClFN4O4/c1-4-39-22-10-16(13-33-36-27(15(2)3)35-21-9-8-17(29)11-20(21)28(36)38)24(30)25(31)26(22)40-14-23(37)34-19-7-5-6-18(32)12-19/h5-13,15H,4,14H2,1-3H3,(H,34,37). The molecule has 208 valence electrons. The lowest BCUT2D eigenvalue weighted by atomic mass is 10.2. The van der Waals surface area contributed by atoms with Gasteiger partial charge in [-0.05, 0) is 65.3 Å². The van der Waals surface area contributed by atoms with Gasteiger partial charge in [-0.1, -0.05) is 47.4 Å². The normalized spacial score (nSPS) is 11.4. The van der Waals surface area contributed by atoms with Gasteiger partial charge in [-0.2, -0.15) is 9.78 Å². The predicted molar refractivity (Wildman–Crippen MR) is 162 cm³/mol. The third kappa shape index (κ3) is 6.71. The maximum absolute atomic E-state index is 13.4. The van der Waals surface area contributed by atoms with E-state index in [1.807, 2.05) is 19.9 Å². The SMILES string of the molecule is CCOc1cc(C=Nn2c(C(C)C)nc3ccc(Br)cc3c2=O)c(Br)c(Cl)c1OCC(=O)Nc1cccc(F)c1. The van der Waals surface area contributed by atoms with Crippen LogP contribution in [0.3, 0.4) is 0 Å². The van der Waals surface area contributed by atoms with Crippen LogP contribution in [0.4, 0.5) is 10.1 Å². The maximum Gasteiger partial charge on any atom is 0.282 e. The van der Waals surface area contributed by atoms with Crippen LogP contribution in [0, 0.1) is 5.82 Å². The third-order valence-corrected chi connectivity index (χ3v) is 7.51. The molecule has 40 heavy (non-hydrogen) atoms. The molecule has 0 aliphatic heterocycles. The molecule has 0 saturated heterocycles. The molecule has 0 atom stereocenters. The van der Waals surface area contributed by atoms with Crippen LogP contribution >= 0.6 is 43.5 Å². The summed E-state index contributed by atoms with van der Waals surface area (Å²) in [5.74, 6) is -0.170. The van der Waals surface area contributed by atoms with Gasteiger partial charge in [-0.15, -0.1) is 0 Å². The minimum absolute atomic E-state index is 0.0850. The summed E-state index contributed by atoms with van der Waals surface area (Å²) in [6, 6.07) is 12.5. The number of benzene rings is 3. The molecule has 0 aliphatic rings. The van der Waals surface area contributed by atoms with Crippen LogP contribution in [0.1, 0.15) is 38.1 Å². The first-order chi connectivity index (χ1) is 19.1. The van der Waals surface area contributed by atoms with E-state index < -0.39 is 18.3 Å². The zero-order valence-corrected chi connectivity index (χ0v) is 25.6. The molecule has 0 saturated carbocycles. The number of nitrogens with zero attached hydrogens (tertiary/aromatic N) is 3. The fraction of sp³-hybridized carbons (Fsp3) is 0.214. The van der Waals surface area contributed by atoms with Crippen molar-refractivity contribution in [2.75, 3.05) is 18.5 Å². The number of ether oxygens (including phenoxy) is 2. The van der Waals surface area contributed by atoms with Crippen molar-refractivity contribution in [3.8, 4) is 11.5 Å². The van der Waals surface area contributed by atoms with Crippen molar-refractivity contribution in [2.24, 2.45) is 5.10 Å². The Labute approximate surface area is 251 Å². The first kappa shape index (κ1) is 29.7. The van der Waals surface area contributed by atoms with E-state index in [9.17, 15) is 14.0 Å². The van der Waals surface area contributed by atoms with E-state index in [1.54, 1.807) is 31.2 Å². The van der Waals surface area contributed by atoms with Crippen molar-refractivity contribution in [1.29, 1.82) is 0 Å². The minimum atomic E-state index is -0.512. The molecule has 0 aliphatic carbocycles. The Kier molecular flexibility index (Phi) is 9.60. The number of amides is 1. The number of anilines is 1. The second-order valence-electron chi connectivity index (χ2n) is 8.85. The zero-order valence-electron chi connectivity index (χ0n) is 21.7. The van der Waals surface area contributed by atoms with E-state index in [1.165, 1.54) is 29.1 Å². The second kappa shape index (κ2) is 12.9. The molecule has 0 radical (unpaired) electrons. The number of carbonyl (C=O) groups excluding carboxylic acids is 1. The van der Waals surface area contributed by atoms with E-state index in [2.05, 4.69) is 47.3 Å². The molecule has 4 rings (SSSR count). The third-order valence-electron chi connectivity index (χ3n) is 5.57. The van der Waals surface area contributed by atoms with Gasteiger partial charge in [0.15, 0.2) is 18.1 Å². The van der Waals surface area contributed by atoms with Crippen molar-refractivity contribution in [2.45, 2.75) is 26.7 Å². The number of nitrogens with one attached hydrogen (secondary N) is 1. The van der Waals surface area contributed by atoms with Crippen molar-refractivity contribution in [3.63, 3.8) is 0 Å². The molecular formula is C28H24Br2ClFN4O4. The van der Waals surface area contributed by atoms with Gasteiger partial charge in [0, 0.05) is 26.1 Å². The Morgan fingerprint density at radius 2 is 1.98 bits per heavy atom. The number of fused-ring (bicyclic) bond motifs is 1. The van der Waals surface area contributed by atoms with Gasteiger partial charge in [0.2, 0.25) is 0 Å². The van der Waals surface area contributed by atoms with Crippen LogP contribution < -0.4 is 20.3 Å². The predicted octanol–water partition coefficient (Wildman–Crippen LogP) is 7.14. The van der Waals surface area contributed by atoms with Gasteiger partial charge in [0.05, 0.1) is 23.7 Å². The smallest absolute Gasteiger partial charge is 0.282 e. The number of carbonyl (C=O) groups is 1. The lowest BCUT2D eigenvalue weighted by molar-refractivity contribution is -0.118. The van der Waals surface area contributed by atoms with Crippen LogP contribution in [0.5, 0.6) is 11.5 Å². The first-order valence-corrected chi connectivity index (χ1v) is 14.1. The molecule has 1 aromatic heterocycles. The fourth-order valence-corrected chi connectivity index (χ4v) is 4.78. The van der Waals surface area contributed by atoms with Gasteiger partial charge >= 0.3 is 0 Å². The molecule has 12 heteroatoms. The van der Waals surface area contributed by atoms with Gasteiger partial charge < -0.3 is 14.8 Å². The summed E-state index contributed by atoms with van der Waals surface area (Å²) in [5.41, 5.74) is 1.06. The Balaban J connectivity index is 1.66. The molecule has 1 heterocycles. The summed E-state index contributed by atoms with van der Waals surface area (Å²) in [4.78, 5) is 30.4. The van der Waals surface area contributed by atoms with Crippen LogP contribution in [-0.2, 0) is 4.79 Å². The van der Waals surface area contributed by atoms with E-state index in [4.69, 9.17) is 21.1 Å². The summed E-state index contributed by atoms with van der Waals surface area (Å²) in [7, 11) is 0. The number of hydrogen-bond donors (Lipinski definition) is 1. The topological polar surface area (TPSA) is 94.8 Å². The summed E-state index contributed by atoms with van der Waals surface area (Å²) < 4.78 is 27.3. The van der Waals surface area contributed by atoms with Gasteiger partial charge in [0.25, 0.3) is 11.5 Å². The summed E-state index contributed by atoms with van der Waals surface area (Å²) >= 11 is 13.5. The molecule has 4 aromatic rings. The highest BCUT2D eigenvalue weighted by Gasteiger charge is 2.19. The van der Waals surface area contributed by atoms with E-state index >= 15 is 0 Å². The average molecular weight is 695 g/mol. The van der Waals surface area contributed by atoms with Crippen molar-refractivity contribution in [3.05, 3.63) is 90.1 Å². The van der Waals surface area contributed by atoms with E-state index in [-0.39, 0.29) is 28.0 Å². The molecule has 0 unspecified atom stereocenters. The largest absolute Gasteiger partial charge is 0.490 e. The molecule has 1 amide bonds. The number of halogens is 4. The fourth-order valence-electron chi connectivity index (χ4n) is 3.77. The summed E-state index contributed by atoms with van der Waals surface area (Å²) in [6.45, 7) is 5.53. The van der Waals surface area contributed by atoms with E-state index in [0.29, 0.717) is 39.1 Å². The highest BCUT2D eigenvalue weighted by molar-refractivity contribution is 9.10. The first-order valence-electron chi connectivity index (χ1n) is 12.2. The Morgan fingerprint density at radius 1 is 1.20 bits per heavy atom. The molecule has 1 N–H and O–H groups in total. The zero-order chi connectivity index (χ0) is 29.0. The monoisotopic (exact) mass is 692 g/mol. The van der Waals surface area contributed by atoms with E-state index in [0.717, 1.165) is 4.47 Å². The van der Waals surface area contributed by atoms with Crippen LogP contribution in [0.25, 0.3) is 10.9 Å². The number of aromatic nitrogens is 2. The molecule has 0 bridgehead atoms. The Morgan fingerprint density at radius 3 is 2.67 bits per heavy atom. The highest BCUT2D eigenvalue weighted by atomic mass is 79.9. The van der Waals surface area contributed by atoms with Crippen molar-refractivity contribution < 1.29 is 18.7 Å². The van der Waals surface area contributed by atoms with Crippen molar-refractivity contribution >= 4 is 72.2 Å².